The van der Waals surface area contributed by atoms with E-state index in [9.17, 15) is 17.7 Å². The summed E-state index contributed by atoms with van der Waals surface area (Å²) < 4.78 is 46.4. The molecule has 1 atom stereocenters. The lowest BCUT2D eigenvalue weighted by Crippen LogP contribution is -2.06. The van der Waals surface area contributed by atoms with Crippen LogP contribution in [0.25, 0.3) is 0 Å². The molecule has 1 aromatic carbocycles. The van der Waals surface area contributed by atoms with Crippen LogP contribution in [0.15, 0.2) is 24.3 Å². The normalized spacial score (nSPS) is 14.2. The van der Waals surface area contributed by atoms with Gasteiger partial charge in [0.15, 0.2) is 0 Å². The van der Waals surface area contributed by atoms with Crippen molar-refractivity contribution in [1.82, 2.24) is 0 Å². The third kappa shape index (κ3) is 2.57. The zero-order valence-electron chi connectivity index (χ0n) is 6.30. The van der Waals surface area contributed by atoms with E-state index in [1.165, 1.54) is 0 Å². The molecule has 0 radical (unpaired) electrons. The van der Waals surface area contributed by atoms with E-state index in [1.54, 1.807) is 0 Å². The summed E-state index contributed by atoms with van der Waals surface area (Å²) in [6, 6.07) is 3.58. The summed E-state index contributed by atoms with van der Waals surface area (Å²) in [5.41, 5.74) is -0.820. The van der Waals surface area contributed by atoms with Crippen molar-refractivity contribution < 1.29 is 22.6 Å². The number of halogens is 3. The molecule has 6 heteroatoms. The van der Waals surface area contributed by atoms with Gasteiger partial charge < -0.3 is 4.89 Å². The van der Waals surface area contributed by atoms with E-state index >= 15 is 0 Å². The quantitative estimate of drug-likeness (QED) is 0.717. The highest BCUT2D eigenvalue weighted by Gasteiger charge is 2.29. The molecule has 1 N–H and O–H groups in total. The molecule has 72 valence electrons. The van der Waals surface area contributed by atoms with Gasteiger partial charge in [-0.1, -0.05) is 0 Å². The molecule has 2 nitrogen and oxygen atoms in total. The number of hydrogen-bond acceptors (Lipinski definition) is 1. The first-order chi connectivity index (χ1) is 5.91. The number of rotatable bonds is 1. The van der Waals surface area contributed by atoms with Gasteiger partial charge in [-0.2, -0.15) is 13.2 Å². The van der Waals surface area contributed by atoms with Gasteiger partial charge in [0.2, 0.25) is 8.03 Å². The first-order valence-corrected chi connectivity index (χ1v) is 4.67. The van der Waals surface area contributed by atoms with E-state index < -0.39 is 19.8 Å². The summed E-state index contributed by atoms with van der Waals surface area (Å²) in [5.74, 6) is 0. The fourth-order valence-electron chi connectivity index (χ4n) is 0.802. The molecule has 0 spiro atoms. The van der Waals surface area contributed by atoms with Gasteiger partial charge in [0.25, 0.3) is 0 Å². The van der Waals surface area contributed by atoms with Gasteiger partial charge in [0.1, 0.15) is 0 Å². The molecule has 0 aromatic heterocycles. The molecule has 1 unspecified atom stereocenters. The van der Waals surface area contributed by atoms with Crippen molar-refractivity contribution in [3.63, 3.8) is 0 Å². The highest BCUT2D eigenvalue weighted by atomic mass is 31.1. The zero-order valence-corrected chi connectivity index (χ0v) is 7.30. The van der Waals surface area contributed by atoms with Crippen molar-refractivity contribution in [2.24, 2.45) is 0 Å². The molecule has 0 aliphatic rings. The molecular formula is C7H6F3O2P. The zero-order chi connectivity index (χ0) is 10.1. The van der Waals surface area contributed by atoms with Crippen molar-refractivity contribution in [2.75, 3.05) is 0 Å². The van der Waals surface area contributed by atoms with Crippen LogP contribution in [0.2, 0.25) is 0 Å². The Morgan fingerprint density at radius 2 is 1.62 bits per heavy atom. The first kappa shape index (κ1) is 10.3. The van der Waals surface area contributed by atoms with Crippen LogP contribution in [0.3, 0.4) is 0 Å². The summed E-state index contributed by atoms with van der Waals surface area (Å²) in [6.45, 7) is 0. The molecule has 0 fully saturated rings. The van der Waals surface area contributed by atoms with E-state index in [2.05, 4.69) is 0 Å². The van der Waals surface area contributed by atoms with Crippen LogP contribution in [0.1, 0.15) is 5.56 Å². The van der Waals surface area contributed by atoms with E-state index in [0.717, 1.165) is 24.3 Å². The third-order valence-electron chi connectivity index (χ3n) is 1.46. The Morgan fingerprint density at radius 3 is 1.92 bits per heavy atom. The molecule has 0 saturated carbocycles. The molecule has 0 bridgehead atoms. The minimum Gasteiger partial charge on any atom is -0.343 e. The number of hydrogen-bond donors (Lipinski definition) is 1. The Bertz CT molecular complexity index is 318. The van der Waals surface area contributed by atoms with Crippen LogP contribution < -0.4 is 5.30 Å². The maximum absolute atomic E-state index is 12.0. The van der Waals surface area contributed by atoms with Crippen LogP contribution >= 0.6 is 8.03 Å². The molecule has 0 aliphatic carbocycles. The van der Waals surface area contributed by atoms with Gasteiger partial charge >= 0.3 is 6.18 Å². The standard InChI is InChI=1S/C7H6F3O2P/c8-7(9,10)5-1-3-6(4-2-5)13(11)12/h1-4,13H,(H,11,12). The lowest BCUT2D eigenvalue weighted by atomic mass is 10.2. The Labute approximate surface area is 72.9 Å². The van der Waals surface area contributed by atoms with E-state index in [-0.39, 0.29) is 5.30 Å². The van der Waals surface area contributed by atoms with Crippen LogP contribution in [-0.2, 0) is 10.7 Å². The third-order valence-corrected chi connectivity index (χ3v) is 2.29. The minimum absolute atomic E-state index is 0.0259. The summed E-state index contributed by atoms with van der Waals surface area (Å²) in [6.07, 6.45) is -4.40. The van der Waals surface area contributed by atoms with E-state index in [0.29, 0.717) is 0 Å². The van der Waals surface area contributed by atoms with Gasteiger partial charge in [-0.15, -0.1) is 0 Å². The Kier molecular flexibility index (Phi) is 2.78. The minimum atomic E-state index is -4.40. The van der Waals surface area contributed by atoms with Crippen molar-refractivity contribution in [3.05, 3.63) is 29.8 Å². The van der Waals surface area contributed by atoms with Crippen LogP contribution in [0.5, 0.6) is 0 Å². The molecule has 13 heavy (non-hydrogen) atoms. The molecule has 0 aliphatic heterocycles. The summed E-state index contributed by atoms with van der Waals surface area (Å²) >= 11 is 0. The summed E-state index contributed by atoms with van der Waals surface area (Å²) in [4.78, 5) is 8.58. The molecule has 0 heterocycles. The maximum atomic E-state index is 12.0. The highest BCUT2D eigenvalue weighted by molar-refractivity contribution is 7.47. The maximum Gasteiger partial charge on any atom is 0.416 e. The number of alkyl halides is 3. The van der Waals surface area contributed by atoms with Gasteiger partial charge in [-0.05, 0) is 24.3 Å². The number of benzene rings is 1. The topological polar surface area (TPSA) is 37.3 Å². The highest BCUT2D eigenvalue weighted by Crippen LogP contribution is 2.29. The van der Waals surface area contributed by atoms with Gasteiger partial charge in [-0.3, -0.25) is 4.57 Å². The summed E-state index contributed by atoms with van der Waals surface area (Å²) in [5, 5.41) is 0.0259. The second-order valence-corrected chi connectivity index (χ2v) is 3.57. The fraction of sp³-hybridized carbons (Fsp3) is 0.143. The van der Waals surface area contributed by atoms with Crippen molar-refractivity contribution in [1.29, 1.82) is 0 Å². The van der Waals surface area contributed by atoms with Gasteiger partial charge in [0.05, 0.1) is 5.56 Å². The van der Waals surface area contributed by atoms with Gasteiger partial charge in [-0.25, -0.2) is 0 Å². The van der Waals surface area contributed by atoms with Crippen molar-refractivity contribution in [2.45, 2.75) is 6.18 Å². The molecule has 1 rings (SSSR count). The Morgan fingerprint density at radius 1 is 1.15 bits per heavy atom. The second kappa shape index (κ2) is 3.52. The van der Waals surface area contributed by atoms with Gasteiger partial charge in [0, 0.05) is 5.30 Å². The monoisotopic (exact) mass is 210 g/mol. The van der Waals surface area contributed by atoms with Crippen LogP contribution in [0, 0.1) is 0 Å². The predicted octanol–water partition coefficient (Wildman–Crippen LogP) is 1.80. The lowest BCUT2D eigenvalue weighted by molar-refractivity contribution is -0.137. The predicted molar refractivity (Wildman–Crippen MR) is 42.3 cm³/mol. The van der Waals surface area contributed by atoms with Crippen molar-refractivity contribution >= 4 is 13.3 Å². The fourth-order valence-corrected chi connectivity index (χ4v) is 1.25. The molecule has 0 saturated heterocycles. The van der Waals surface area contributed by atoms with E-state index in [4.69, 9.17) is 4.89 Å². The average molecular weight is 210 g/mol. The lowest BCUT2D eigenvalue weighted by Gasteiger charge is -2.05. The average Bonchev–Trinajstić information content (AvgIpc) is 2.03. The first-order valence-electron chi connectivity index (χ1n) is 3.32. The van der Waals surface area contributed by atoms with E-state index in [1.807, 2.05) is 0 Å². The molecule has 0 amide bonds. The second-order valence-electron chi connectivity index (χ2n) is 2.38. The van der Waals surface area contributed by atoms with Crippen LogP contribution in [0.4, 0.5) is 13.2 Å². The smallest absolute Gasteiger partial charge is 0.343 e. The molecular weight excluding hydrogens is 204 g/mol. The Balaban J connectivity index is 3.01. The molecule has 1 aromatic rings. The van der Waals surface area contributed by atoms with Crippen molar-refractivity contribution in [3.8, 4) is 0 Å². The van der Waals surface area contributed by atoms with Crippen LogP contribution in [-0.4, -0.2) is 4.89 Å². The Hall–Kier alpha value is -0.800. The largest absolute Gasteiger partial charge is 0.416 e. The summed E-state index contributed by atoms with van der Waals surface area (Å²) in [7, 11) is -2.89. The SMILES string of the molecule is O=[PH](O)c1ccc(C(F)(F)F)cc1.